The molecule has 9 heteroatoms. The van der Waals surface area contributed by atoms with Crippen LogP contribution in [0.25, 0.3) is 11.0 Å². The van der Waals surface area contributed by atoms with Gasteiger partial charge in [-0.05, 0) is 36.7 Å². The number of hydrogen-bond donors (Lipinski definition) is 4. The lowest BCUT2D eigenvalue weighted by molar-refractivity contribution is -0.0167. The van der Waals surface area contributed by atoms with Crippen LogP contribution in [0.15, 0.2) is 35.1 Å². The Kier molecular flexibility index (Phi) is 4.93. The maximum Gasteiger partial charge on any atom is 0.152 e. The van der Waals surface area contributed by atoms with Crippen LogP contribution < -0.4 is 15.8 Å². The van der Waals surface area contributed by atoms with Crippen LogP contribution in [0.1, 0.15) is 23.6 Å². The number of nitrogens with two attached hydrogens (primary N) is 1. The zero-order valence-corrected chi connectivity index (χ0v) is 17.6. The predicted octanol–water partition coefficient (Wildman–Crippen LogP) is 2.28. The Labute approximate surface area is 180 Å². The van der Waals surface area contributed by atoms with E-state index in [-0.39, 0.29) is 11.1 Å². The number of aliphatic hydroxyl groups is 2. The number of pyridine rings is 1. The molecule has 3 heterocycles. The van der Waals surface area contributed by atoms with Crippen molar-refractivity contribution < 1.29 is 19.3 Å². The van der Waals surface area contributed by atoms with Crippen molar-refractivity contribution in [2.75, 3.05) is 12.3 Å². The Morgan fingerprint density at radius 1 is 1.30 bits per heavy atom. The number of nitrogens with one attached hydrogen (secondary N) is 1. The summed E-state index contributed by atoms with van der Waals surface area (Å²) in [6.45, 7) is 1.58. The lowest BCUT2D eigenvalue weighted by Gasteiger charge is -2.24. The second kappa shape index (κ2) is 7.49. The summed E-state index contributed by atoms with van der Waals surface area (Å²) < 4.78 is 23.1. The summed E-state index contributed by atoms with van der Waals surface area (Å²) in [7, 11) is 0. The second-order valence-corrected chi connectivity index (χ2v) is 8.81. The number of ether oxygens (including phenoxy) is 1. The number of hydrogen-bond acceptors (Lipinski definition) is 6. The largest absolute Gasteiger partial charge is 0.487 e. The topological polar surface area (TPSA) is 106 Å². The molecule has 0 spiro atoms. The summed E-state index contributed by atoms with van der Waals surface area (Å²) in [5.74, 6) is 0.170. The smallest absolute Gasteiger partial charge is 0.152 e. The maximum atomic E-state index is 14.5. The Hall–Kier alpha value is -2.20. The van der Waals surface area contributed by atoms with Crippen molar-refractivity contribution in [2.24, 2.45) is 0 Å². The van der Waals surface area contributed by atoms with Gasteiger partial charge >= 0.3 is 0 Å². The zero-order chi connectivity index (χ0) is 21.0. The van der Waals surface area contributed by atoms with Crippen LogP contribution >= 0.6 is 15.9 Å². The first-order chi connectivity index (χ1) is 14.4. The lowest BCUT2D eigenvalue weighted by Crippen LogP contribution is -2.34. The highest BCUT2D eigenvalue weighted by molar-refractivity contribution is 9.10. The molecule has 0 amide bonds. The number of nitrogen functional groups attached to an aromatic ring is 1. The number of halogens is 2. The highest BCUT2D eigenvalue weighted by atomic mass is 79.9. The van der Waals surface area contributed by atoms with E-state index in [9.17, 15) is 14.6 Å². The molecule has 158 valence electrons. The minimum absolute atomic E-state index is 0.218. The van der Waals surface area contributed by atoms with Crippen LogP contribution in [0.4, 0.5) is 10.1 Å². The van der Waals surface area contributed by atoms with Crippen LogP contribution in [0.3, 0.4) is 0 Å². The van der Waals surface area contributed by atoms with E-state index in [0.717, 1.165) is 23.0 Å². The van der Waals surface area contributed by atoms with Crippen molar-refractivity contribution in [2.45, 2.75) is 43.7 Å². The van der Waals surface area contributed by atoms with Crippen LogP contribution in [0, 0.1) is 5.82 Å². The van der Waals surface area contributed by atoms with E-state index < -0.39 is 30.2 Å². The molecule has 1 aliphatic heterocycles. The van der Waals surface area contributed by atoms with Crippen molar-refractivity contribution in [3.8, 4) is 5.75 Å². The third kappa shape index (κ3) is 3.17. The average Bonchev–Trinajstić information content (AvgIpc) is 3.20. The van der Waals surface area contributed by atoms with Gasteiger partial charge in [-0.25, -0.2) is 9.37 Å². The van der Waals surface area contributed by atoms with Crippen molar-refractivity contribution in [1.82, 2.24) is 14.9 Å². The molecule has 2 aromatic heterocycles. The lowest BCUT2D eigenvalue weighted by atomic mass is 10.00. The molecule has 5 N–H and O–H groups in total. The molecule has 0 radical (unpaired) electrons. The van der Waals surface area contributed by atoms with Gasteiger partial charge in [0.05, 0.1) is 11.4 Å². The molecule has 2 unspecified atom stereocenters. The monoisotopic (exact) mass is 476 g/mol. The fraction of sp³-hybridized carbons (Fsp3) is 0.381. The molecule has 4 atom stereocenters. The van der Waals surface area contributed by atoms with Crippen LogP contribution in [-0.2, 0) is 13.0 Å². The highest BCUT2D eigenvalue weighted by Crippen LogP contribution is 2.39. The first-order valence-corrected chi connectivity index (χ1v) is 10.7. The fourth-order valence-corrected chi connectivity index (χ4v) is 5.05. The molecule has 0 bridgehead atoms. The molecule has 1 aromatic carbocycles. The van der Waals surface area contributed by atoms with Crippen molar-refractivity contribution in [3.05, 3.63) is 52.0 Å². The van der Waals surface area contributed by atoms with Gasteiger partial charge in [-0.3, -0.25) is 0 Å². The van der Waals surface area contributed by atoms with Gasteiger partial charge < -0.3 is 30.6 Å². The molecule has 3 aromatic rings. The van der Waals surface area contributed by atoms with E-state index in [4.69, 9.17) is 10.5 Å². The molecular weight excluding hydrogens is 455 g/mol. The summed E-state index contributed by atoms with van der Waals surface area (Å²) in [5, 5.41) is 25.0. The molecular formula is C21H22BrFN4O3. The zero-order valence-electron chi connectivity index (χ0n) is 16.1. The van der Waals surface area contributed by atoms with Crippen molar-refractivity contribution in [3.63, 3.8) is 0 Å². The third-order valence-electron chi connectivity index (χ3n) is 6.07. The van der Waals surface area contributed by atoms with Gasteiger partial charge in [0.2, 0.25) is 0 Å². The summed E-state index contributed by atoms with van der Waals surface area (Å²) in [5.41, 5.74) is 8.78. The number of anilines is 1. The highest BCUT2D eigenvalue weighted by Gasteiger charge is 2.45. The number of benzene rings is 1. The first kappa shape index (κ1) is 19.7. The van der Waals surface area contributed by atoms with Gasteiger partial charge in [0.1, 0.15) is 29.7 Å². The van der Waals surface area contributed by atoms with Gasteiger partial charge in [-0.1, -0.05) is 15.9 Å². The molecule has 1 fully saturated rings. The SMILES string of the molecule is Nc1ccnc2c1c(F)cn2C1CC(Oc2cc(Br)cc3c2CNCC3)[C@@H](O)[C@H]1O. The Bertz CT molecular complexity index is 1120. The van der Waals surface area contributed by atoms with E-state index >= 15 is 0 Å². The normalized spacial score (nSPS) is 26.1. The molecule has 7 nitrogen and oxygen atoms in total. The van der Waals surface area contributed by atoms with Gasteiger partial charge in [0.25, 0.3) is 0 Å². The van der Waals surface area contributed by atoms with Crippen molar-refractivity contribution >= 4 is 32.7 Å². The summed E-state index contributed by atoms with van der Waals surface area (Å²) >= 11 is 3.52. The summed E-state index contributed by atoms with van der Waals surface area (Å²) in [6, 6.07) is 4.90. The van der Waals surface area contributed by atoms with E-state index in [1.807, 2.05) is 6.07 Å². The number of nitrogens with zero attached hydrogens (tertiary/aromatic N) is 2. The number of aliphatic hydroxyl groups excluding tert-OH is 2. The molecule has 0 saturated heterocycles. The Morgan fingerprint density at radius 2 is 2.13 bits per heavy atom. The molecule has 1 aliphatic carbocycles. The minimum atomic E-state index is -1.13. The van der Waals surface area contributed by atoms with Gasteiger partial charge in [-0.2, -0.15) is 0 Å². The summed E-state index contributed by atoms with van der Waals surface area (Å²) in [4.78, 5) is 4.24. The van der Waals surface area contributed by atoms with Crippen LogP contribution in [-0.4, -0.2) is 44.6 Å². The van der Waals surface area contributed by atoms with Gasteiger partial charge in [0.15, 0.2) is 5.82 Å². The van der Waals surface area contributed by atoms with E-state index in [2.05, 4.69) is 32.3 Å². The number of rotatable bonds is 3. The van der Waals surface area contributed by atoms with E-state index in [1.54, 1.807) is 4.57 Å². The maximum absolute atomic E-state index is 14.5. The second-order valence-electron chi connectivity index (χ2n) is 7.89. The molecule has 30 heavy (non-hydrogen) atoms. The van der Waals surface area contributed by atoms with E-state index in [0.29, 0.717) is 24.4 Å². The quantitative estimate of drug-likeness (QED) is 0.462. The van der Waals surface area contributed by atoms with Crippen LogP contribution in [0.2, 0.25) is 0 Å². The Morgan fingerprint density at radius 3 is 2.97 bits per heavy atom. The standard InChI is InChI=1S/C21H22BrFN4O3/c22-11-5-10-1-3-25-8-12(10)16(6-11)30-17-7-15(19(28)20(17)29)27-9-13(23)18-14(24)2-4-26-21(18)27/h2,4-6,9,15,17,19-20,25,28-29H,1,3,7-8H2,(H2,24,26)/t15?,17?,19-,20+/m0/s1. The van der Waals surface area contributed by atoms with Gasteiger partial charge in [-0.15, -0.1) is 0 Å². The molecule has 5 rings (SSSR count). The van der Waals surface area contributed by atoms with E-state index in [1.165, 1.54) is 24.0 Å². The average molecular weight is 477 g/mol. The summed E-state index contributed by atoms with van der Waals surface area (Å²) in [6.07, 6.45) is 1.08. The van der Waals surface area contributed by atoms with Crippen LogP contribution in [0.5, 0.6) is 5.75 Å². The molecule has 2 aliphatic rings. The first-order valence-electron chi connectivity index (χ1n) is 9.89. The molecule has 1 saturated carbocycles. The predicted molar refractivity (Wildman–Crippen MR) is 114 cm³/mol. The fourth-order valence-electron chi connectivity index (χ4n) is 4.56. The Balaban J connectivity index is 1.47. The minimum Gasteiger partial charge on any atom is -0.487 e. The van der Waals surface area contributed by atoms with Gasteiger partial charge in [0, 0.05) is 41.1 Å². The number of aromatic nitrogens is 2. The van der Waals surface area contributed by atoms with Crippen molar-refractivity contribution in [1.29, 1.82) is 0 Å². The number of fused-ring (bicyclic) bond motifs is 2. The third-order valence-corrected chi connectivity index (χ3v) is 6.53.